The smallest absolute Gasteiger partial charge is 0.101 e. The van der Waals surface area contributed by atoms with E-state index in [-0.39, 0.29) is 0 Å². The molecular formula is C62H39N3. The molecule has 0 aliphatic rings. The Kier molecular flexibility index (Phi) is 9.98. The van der Waals surface area contributed by atoms with Crippen molar-refractivity contribution in [3.63, 3.8) is 0 Å². The molecule has 0 aliphatic carbocycles. The van der Waals surface area contributed by atoms with Gasteiger partial charge in [-0.3, -0.25) is 0 Å². The maximum absolute atomic E-state index is 11.1. The third kappa shape index (κ3) is 7.34. The number of fused-ring (bicyclic) bond motifs is 3. The number of nitrogens with zero attached hydrogens (tertiary/aromatic N) is 3. The third-order valence-electron chi connectivity index (χ3n) is 12.5. The van der Waals surface area contributed by atoms with Crippen LogP contribution in [0.2, 0.25) is 0 Å². The van der Waals surface area contributed by atoms with E-state index in [4.69, 9.17) is 0 Å². The van der Waals surface area contributed by atoms with Gasteiger partial charge in [-0.1, -0.05) is 182 Å². The van der Waals surface area contributed by atoms with Gasteiger partial charge in [0.25, 0.3) is 0 Å². The molecule has 0 spiro atoms. The van der Waals surface area contributed by atoms with Gasteiger partial charge in [0.1, 0.15) is 12.1 Å². The molecule has 1 heterocycles. The fourth-order valence-corrected chi connectivity index (χ4v) is 9.20. The first-order chi connectivity index (χ1) is 32.1. The van der Waals surface area contributed by atoms with Gasteiger partial charge in [0, 0.05) is 10.8 Å². The van der Waals surface area contributed by atoms with Crippen LogP contribution in [0.4, 0.5) is 0 Å². The van der Waals surface area contributed by atoms with Crippen LogP contribution in [0.3, 0.4) is 0 Å². The van der Waals surface area contributed by atoms with Gasteiger partial charge < -0.3 is 4.57 Å². The Labute approximate surface area is 378 Å². The summed E-state index contributed by atoms with van der Waals surface area (Å²) in [4.78, 5) is 0. The molecule has 10 aromatic carbocycles. The van der Waals surface area contributed by atoms with Crippen molar-refractivity contribution < 1.29 is 0 Å². The van der Waals surface area contributed by atoms with Crippen molar-refractivity contribution in [3.05, 3.63) is 248 Å². The zero-order chi connectivity index (χ0) is 43.7. The molecule has 1 aromatic heterocycles. The van der Waals surface area contributed by atoms with Gasteiger partial charge >= 0.3 is 0 Å². The van der Waals surface area contributed by atoms with E-state index >= 15 is 0 Å². The highest BCUT2D eigenvalue weighted by Crippen LogP contribution is 2.41. The monoisotopic (exact) mass is 825 g/mol. The predicted molar refractivity (Wildman–Crippen MR) is 268 cm³/mol. The Bertz CT molecular complexity index is 3380. The number of hydrogen-bond acceptors (Lipinski definition) is 2. The van der Waals surface area contributed by atoms with E-state index in [0.717, 1.165) is 99.7 Å². The van der Waals surface area contributed by atoms with Gasteiger partial charge in [-0.05, 0) is 132 Å². The van der Waals surface area contributed by atoms with Crippen LogP contribution in [0.25, 0.3) is 105 Å². The van der Waals surface area contributed by atoms with Crippen molar-refractivity contribution in [2.75, 3.05) is 0 Å². The number of hydrogen-bond donors (Lipinski definition) is 0. The summed E-state index contributed by atoms with van der Waals surface area (Å²) in [5.74, 6) is 0. The summed E-state index contributed by atoms with van der Waals surface area (Å²) in [7, 11) is 0. The average molecular weight is 826 g/mol. The minimum Gasteiger partial charge on any atom is -0.307 e. The zero-order valence-corrected chi connectivity index (χ0v) is 35.4. The van der Waals surface area contributed by atoms with Crippen LogP contribution < -0.4 is 0 Å². The summed E-state index contributed by atoms with van der Waals surface area (Å²) in [5, 5.41) is 24.2. The minimum atomic E-state index is 0.420. The second-order valence-electron chi connectivity index (χ2n) is 16.4. The van der Waals surface area contributed by atoms with Crippen LogP contribution in [0.1, 0.15) is 11.1 Å². The maximum Gasteiger partial charge on any atom is 0.101 e. The van der Waals surface area contributed by atoms with Crippen molar-refractivity contribution in [2.24, 2.45) is 0 Å². The quantitative estimate of drug-likeness (QED) is 0.153. The highest BCUT2D eigenvalue weighted by atomic mass is 15.0. The lowest BCUT2D eigenvalue weighted by Crippen LogP contribution is -2.02. The van der Waals surface area contributed by atoms with Gasteiger partial charge in [-0.2, -0.15) is 10.5 Å². The fourth-order valence-electron chi connectivity index (χ4n) is 9.20. The topological polar surface area (TPSA) is 52.5 Å². The van der Waals surface area contributed by atoms with Crippen LogP contribution in [0.15, 0.2) is 237 Å². The van der Waals surface area contributed by atoms with Gasteiger partial charge in [0.2, 0.25) is 0 Å². The van der Waals surface area contributed by atoms with E-state index in [2.05, 4.69) is 217 Å². The average Bonchev–Trinajstić information content (AvgIpc) is 3.71. The van der Waals surface area contributed by atoms with E-state index in [1.165, 1.54) is 0 Å². The lowest BCUT2D eigenvalue weighted by Gasteiger charge is -2.16. The minimum absolute atomic E-state index is 0.420. The van der Waals surface area contributed by atoms with Crippen molar-refractivity contribution >= 4 is 21.8 Å². The van der Waals surface area contributed by atoms with Gasteiger partial charge in [0.05, 0.1) is 27.8 Å². The van der Waals surface area contributed by atoms with E-state index in [1.54, 1.807) is 0 Å². The van der Waals surface area contributed by atoms with Crippen molar-refractivity contribution in [1.29, 1.82) is 10.5 Å². The molecular weight excluding hydrogens is 787 g/mol. The Morgan fingerprint density at radius 3 is 0.846 bits per heavy atom. The first-order valence-electron chi connectivity index (χ1n) is 21.8. The van der Waals surface area contributed by atoms with Crippen LogP contribution in [-0.4, -0.2) is 4.57 Å². The maximum atomic E-state index is 11.1. The van der Waals surface area contributed by atoms with E-state index in [1.807, 2.05) is 36.4 Å². The van der Waals surface area contributed by atoms with Crippen LogP contribution in [0.5, 0.6) is 0 Å². The molecule has 0 radical (unpaired) electrons. The second kappa shape index (κ2) is 16.7. The number of aromatic nitrogens is 1. The molecule has 0 unspecified atom stereocenters. The van der Waals surface area contributed by atoms with Crippen molar-refractivity contribution in [3.8, 4) is 95.7 Å². The molecule has 0 fully saturated rings. The Hall–Kier alpha value is -9.02. The zero-order valence-electron chi connectivity index (χ0n) is 35.4. The summed E-state index contributed by atoms with van der Waals surface area (Å²) in [6.07, 6.45) is 0. The molecule has 0 amide bonds. The standard InChI is InChI=1S/C62H39N3/c63-40-56-36-55(54-34-52(48-25-21-46(22-26-48)42-13-5-1-6-14-42)33-53(35-54)49-27-23-47(24-28-49)43-15-7-2-8-16-43)37-57(41-64)62(56)65-60-31-29-50(44-17-9-3-10-18-44)38-58(60)59-39-51(30-32-61(59)65)45-19-11-4-12-20-45/h1-39H. The van der Waals surface area contributed by atoms with Crippen molar-refractivity contribution in [1.82, 2.24) is 4.57 Å². The summed E-state index contributed by atoms with van der Waals surface area (Å²) < 4.78 is 2.11. The van der Waals surface area contributed by atoms with Crippen LogP contribution in [0, 0.1) is 22.7 Å². The molecule has 0 saturated carbocycles. The van der Waals surface area contributed by atoms with E-state index in [0.29, 0.717) is 16.8 Å². The predicted octanol–water partition coefficient (Wildman–Crippen LogP) is 16.2. The SMILES string of the molecule is N#Cc1cc(-c2cc(-c3ccc(-c4ccccc4)cc3)cc(-c3ccc(-c4ccccc4)cc3)c2)cc(C#N)c1-n1c2ccc(-c3ccccc3)cc2c2cc(-c3ccccc3)ccc21. The fraction of sp³-hybridized carbons (Fsp3) is 0. The molecule has 0 aliphatic heterocycles. The summed E-state index contributed by atoms with van der Waals surface area (Å²) >= 11 is 0. The second-order valence-corrected chi connectivity index (χ2v) is 16.4. The van der Waals surface area contributed by atoms with Gasteiger partial charge in [-0.25, -0.2) is 0 Å². The Morgan fingerprint density at radius 2 is 0.508 bits per heavy atom. The molecule has 11 rings (SSSR count). The Balaban J connectivity index is 1.08. The first-order valence-corrected chi connectivity index (χ1v) is 21.8. The highest BCUT2D eigenvalue weighted by molar-refractivity contribution is 6.12. The molecule has 0 bridgehead atoms. The normalized spacial score (nSPS) is 11.0. The number of rotatable bonds is 8. The molecule has 0 atom stereocenters. The van der Waals surface area contributed by atoms with E-state index < -0.39 is 0 Å². The molecule has 3 nitrogen and oxygen atoms in total. The number of nitriles is 2. The molecule has 0 N–H and O–H groups in total. The molecule has 3 heteroatoms. The molecule has 302 valence electrons. The third-order valence-corrected chi connectivity index (χ3v) is 12.5. The lowest BCUT2D eigenvalue weighted by molar-refractivity contribution is 1.16. The summed E-state index contributed by atoms with van der Waals surface area (Å²) in [6, 6.07) is 87.4. The lowest BCUT2D eigenvalue weighted by atomic mass is 9.90. The van der Waals surface area contributed by atoms with E-state index in [9.17, 15) is 10.5 Å². The Morgan fingerprint density at radius 1 is 0.246 bits per heavy atom. The summed E-state index contributed by atoms with van der Waals surface area (Å²) in [5.41, 5.74) is 18.2. The summed E-state index contributed by atoms with van der Waals surface area (Å²) in [6.45, 7) is 0. The highest BCUT2D eigenvalue weighted by Gasteiger charge is 2.21. The largest absolute Gasteiger partial charge is 0.307 e. The molecule has 11 aromatic rings. The van der Waals surface area contributed by atoms with Gasteiger partial charge in [0.15, 0.2) is 0 Å². The first kappa shape index (κ1) is 38.9. The van der Waals surface area contributed by atoms with Crippen LogP contribution in [-0.2, 0) is 0 Å². The number of benzene rings is 10. The van der Waals surface area contributed by atoms with Gasteiger partial charge in [-0.15, -0.1) is 0 Å². The van der Waals surface area contributed by atoms with Crippen molar-refractivity contribution in [2.45, 2.75) is 0 Å². The van der Waals surface area contributed by atoms with Crippen LogP contribution >= 0.6 is 0 Å². The molecule has 65 heavy (non-hydrogen) atoms. The molecule has 0 saturated heterocycles.